The Kier molecular flexibility index (Phi) is 7.11. The van der Waals surface area contributed by atoms with E-state index in [9.17, 15) is 19.5 Å². The van der Waals surface area contributed by atoms with E-state index in [1.54, 1.807) is 7.05 Å². The van der Waals surface area contributed by atoms with Crippen LogP contribution < -0.4 is 10.6 Å². The van der Waals surface area contributed by atoms with Gasteiger partial charge < -0.3 is 25.6 Å². The summed E-state index contributed by atoms with van der Waals surface area (Å²) < 4.78 is 6.99. The molecule has 4 N–H and O–H groups in total. The monoisotopic (exact) mass is 478 g/mol. The number of carboxylic acids is 1. The number of carboxylic acid groups (broad SMARTS) is 1. The molecule has 10 nitrogen and oxygen atoms in total. The zero-order valence-corrected chi connectivity index (χ0v) is 19.1. The number of aryl methyl sites for hydroxylation is 1. The van der Waals surface area contributed by atoms with Crippen molar-refractivity contribution in [3.05, 3.63) is 77.1 Å². The smallest absolute Gasteiger partial charge is 0.407 e. The number of rotatable bonds is 9. The maximum absolute atomic E-state index is 12.5. The molecule has 3 aromatic rings. The van der Waals surface area contributed by atoms with Crippen LogP contribution in [0.15, 0.2) is 54.7 Å². The number of alkyl carbamates (subject to hydrolysis) is 1. The summed E-state index contributed by atoms with van der Waals surface area (Å²) in [4.78, 5) is 35.6. The van der Waals surface area contributed by atoms with Crippen molar-refractivity contribution >= 4 is 18.0 Å². The van der Waals surface area contributed by atoms with Gasteiger partial charge >= 0.3 is 12.1 Å². The molecular weight excluding hydrogens is 452 g/mol. The summed E-state index contributed by atoms with van der Waals surface area (Å²) in [5.41, 5.74) is 5.18. The van der Waals surface area contributed by atoms with Crippen molar-refractivity contribution < 1.29 is 29.3 Å². The Morgan fingerprint density at radius 1 is 1.06 bits per heavy atom. The summed E-state index contributed by atoms with van der Waals surface area (Å²) in [5.74, 6) is -1.90. The average Bonchev–Trinajstić information content (AvgIpc) is 3.38. The second-order valence-corrected chi connectivity index (χ2v) is 8.21. The molecule has 2 amide bonds. The number of aromatic nitrogens is 2. The molecule has 1 aromatic heterocycles. The highest BCUT2D eigenvalue weighted by Crippen LogP contribution is 2.44. The Morgan fingerprint density at radius 3 is 2.31 bits per heavy atom. The molecule has 1 atom stereocenters. The van der Waals surface area contributed by atoms with Gasteiger partial charge in [-0.05, 0) is 22.3 Å². The Labute approximate surface area is 201 Å². The minimum absolute atomic E-state index is 0.00762. The van der Waals surface area contributed by atoms with Gasteiger partial charge in [0.2, 0.25) is 0 Å². The summed E-state index contributed by atoms with van der Waals surface area (Å²) in [6, 6.07) is 16.1. The number of amides is 2. The molecular formula is C25H26N4O6. The lowest BCUT2D eigenvalue weighted by atomic mass is 9.98. The summed E-state index contributed by atoms with van der Waals surface area (Å²) in [5, 5.41) is 27.3. The Bertz CT molecular complexity index is 1210. The molecule has 0 spiro atoms. The SMILES string of the molecule is Cn1ncc(C(=O)NCCC(O)C(=O)O)c1CNC(=O)OCC1c2ccccc2-c2ccccc21. The topological polar surface area (TPSA) is 143 Å². The second-order valence-electron chi connectivity index (χ2n) is 8.21. The summed E-state index contributed by atoms with van der Waals surface area (Å²) in [7, 11) is 1.64. The van der Waals surface area contributed by atoms with Gasteiger partial charge in [-0.1, -0.05) is 48.5 Å². The third kappa shape index (κ3) is 5.17. The lowest BCUT2D eigenvalue weighted by Crippen LogP contribution is -2.31. The normalized spacial score (nSPS) is 13.0. The van der Waals surface area contributed by atoms with Crippen LogP contribution in [0, 0.1) is 0 Å². The molecule has 182 valence electrons. The molecule has 4 rings (SSSR count). The molecule has 0 aliphatic heterocycles. The van der Waals surface area contributed by atoms with Gasteiger partial charge in [-0.2, -0.15) is 5.10 Å². The maximum atomic E-state index is 12.5. The fourth-order valence-corrected chi connectivity index (χ4v) is 4.21. The van der Waals surface area contributed by atoms with Crippen molar-refractivity contribution in [2.75, 3.05) is 13.2 Å². The van der Waals surface area contributed by atoms with Gasteiger partial charge in [0.25, 0.3) is 5.91 Å². The number of hydrogen-bond acceptors (Lipinski definition) is 6. The number of benzene rings is 2. The average molecular weight is 479 g/mol. The van der Waals surface area contributed by atoms with Crippen molar-refractivity contribution in [2.45, 2.75) is 25.0 Å². The first-order valence-corrected chi connectivity index (χ1v) is 11.2. The first-order chi connectivity index (χ1) is 16.9. The highest BCUT2D eigenvalue weighted by Gasteiger charge is 2.29. The zero-order chi connectivity index (χ0) is 24.9. The highest BCUT2D eigenvalue weighted by molar-refractivity contribution is 5.95. The fourth-order valence-electron chi connectivity index (χ4n) is 4.21. The van der Waals surface area contributed by atoms with E-state index >= 15 is 0 Å². The molecule has 1 unspecified atom stereocenters. The van der Waals surface area contributed by atoms with Crippen LogP contribution >= 0.6 is 0 Å². The first-order valence-electron chi connectivity index (χ1n) is 11.2. The van der Waals surface area contributed by atoms with Crippen LogP contribution in [0.4, 0.5) is 4.79 Å². The van der Waals surface area contributed by atoms with Crippen molar-refractivity contribution in [1.29, 1.82) is 0 Å². The number of nitrogens with one attached hydrogen (secondary N) is 2. The second kappa shape index (κ2) is 10.4. The predicted molar refractivity (Wildman–Crippen MR) is 126 cm³/mol. The number of hydrogen-bond donors (Lipinski definition) is 4. The molecule has 1 aliphatic carbocycles. The summed E-state index contributed by atoms with van der Waals surface area (Å²) in [6.07, 6.45) is -0.949. The molecule has 0 bridgehead atoms. The first kappa shape index (κ1) is 24.0. The van der Waals surface area contributed by atoms with E-state index in [-0.39, 0.29) is 37.6 Å². The van der Waals surface area contributed by atoms with Crippen LogP contribution in [0.1, 0.15) is 39.5 Å². The number of aliphatic hydroxyl groups is 1. The van der Waals surface area contributed by atoms with Crippen molar-refractivity contribution in [1.82, 2.24) is 20.4 Å². The van der Waals surface area contributed by atoms with E-state index in [0.29, 0.717) is 5.69 Å². The Hall–Kier alpha value is -4.18. The van der Waals surface area contributed by atoms with E-state index < -0.39 is 24.1 Å². The molecule has 0 radical (unpaired) electrons. The molecule has 10 heteroatoms. The third-order valence-electron chi connectivity index (χ3n) is 6.04. The van der Waals surface area contributed by atoms with E-state index in [1.165, 1.54) is 10.9 Å². The minimum Gasteiger partial charge on any atom is -0.479 e. The van der Waals surface area contributed by atoms with Gasteiger partial charge in [-0.3, -0.25) is 9.48 Å². The number of aliphatic hydroxyl groups excluding tert-OH is 1. The van der Waals surface area contributed by atoms with Gasteiger partial charge in [0.1, 0.15) is 6.61 Å². The van der Waals surface area contributed by atoms with Crippen LogP contribution in [-0.2, 0) is 23.1 Å². The number of aliphatic carboxylic acids is 1. The van der Waals surface area contributed by atoms with E-state index in [4.69, 9.17) is 9.84 Å². The van der Waals surface area contributed by atoms with Gasteiger partial charge in [0, 0.05) is 25.9 Å². The molecule has 0 saturated carbocycles. The zero-order valence-electron chi connectivity index (χ0n) is 19.1. The van der Waals surface area contributed by atoms with Crippen molar-refractivity contribution in [2.24, 2.45) is 7.05 Å². The lowest BCUT2D eigenvalue weighted by Gasteiger charge is -2.15. The Balaban J connectivity index is 1.33. The maximum Gasteiger partial charge on any atom is 0.407 e. The minimum atomic E-state index is -1.56. The fraction of sp³-hybridized carbons (Fsp3) is 0.280. The highest BCUT2D eigenvalue weighted by atomic mass is 16.5. The van der Waals surface area contributed by atoms with E-state index in [1.807, 2.05) is 36.4 Å². The standard InChI is InChI=1S/C25H26N4O6/c1-29-21(19(12-28-29)23(31)26-11-10-22(30)24(32)33)13-27-25(34)35-14-20-17-8-4-2-6-15(17)16-7-3-5-9-18(16)20/h2-9,12,20,22,30H,10-11,13-14H2,1H3,(H,26,31)(H,27,34)(H,32,33). The summed E-state index contributed by atoms with van der Waals surface area (Å²) >= 11 is 0. The number of fused-ring (bicyclic) bond motifs is 3. The van der Waals surface area contributed by atoms with Crippen molar-refractivity contribution in [3.63, 3.8) is 0 Å². The molecule has 0 fully saturated rings. The van der Waals surface area contributed by atoms with E-state index in [2.05, 4.69) is 27.9 Å². The lowest BCUT2D eigenvalue weighted by molar-refractivity contribution is -0.146. The van der Waals surface area contributed by atoms with Gasteiger partial charge in [0.05, 0.1) is 24.0 Å². The number of carbonyl (C=O) groups excluding carboxylic acids is 2. The van der Waals surface area contributed by atoms with Crippen LogP contribution in [-0.4, -0.2) is 57.2 Å². The van der Waals surface area contributed by atoms with E-state index in [0.717, 1.165) is 22.3 Å². The van der Waals surface area contributed by atoms with Crippen molar-refractivity contribution in [3.8, 4) is 11.1 Å². The van der Waals surface area contributed by atoms with Gasteiger partial charge in [-0.15, -0.1) is 0 Å². The molecule has 35 heavy (non-hydrogen) atoms. The van der Waals surface area contributed by atoms with Crippen LogP contribution in [0.5, 0.6) is 0 Å². The summed E-state index contributed by atoms with van der Waals surface area (Å²) in [6.45, 7) is 0.151. The van der Waals surface area contributed by atoms with Crippen LogP contribution in [0.3, 0.4) is 0 Å². The number of nitrogens with zero attached hydrogens (tertiary/aromatic N) is 2. The molecule has 2 aromatic carbocycles. The molecule has 1 heterocycles. The van der Waals surface area contributed by atoms with Crippen LogP contribution in [0.25, 0.3) is 11.1 Å². The quantitative estimate of drug-likeness (QED) is 0.368. The van der Waals surface area contributed by atoms with Crippen LogP contribution in [0.2, 0.25) is 0 Å². The van der Waals surface area contributed by atoms with Gasteiger partial charge in [-0.25, -0.2) is 9.59 Å². The number of carbonyl (C=O) groups is 3. The largest absolute Gasteiger partial charge is 0.479 e. The van der Waals surface area contributed by atoms with Gasteiger partial charge in [0.15, 0.2) is 6.10 Å². The number of ether oxygens (including phenoxy) is 1. The molecule has 0 saturated heterocycles. The predicted octanol–water partition coefficient (Wildman–Crippen LogP) is 2.02. The third-order valence-corrected chi connectivity index (χ3v) is 6.04. The molecule has 1 aliphatic rings. The Morgan fingerprint density at radius 2 is 1.69 bits per heavy atom.